The molecule has 1 unspecified atom stereocenters. The number of benzene rings is 1. The van der Waals surface area contributed by atoms with Gasteiger partial charge < -0.3 is 0 Å². The van der Waals surface area contributed by atoms with Gasteiger partial charge in [-0.05, 0) is 25.5 Å². The predicted octanol–water partition coefficient (Wildman–Crippen LogP) is 2.32. The molecule has 0 N–H and O–H groups in total. The fraction of sp³-hybridized carbons (Fsp3) is 0.364. The molecule has 1 aromatic carbocycles. The van der Waals surface area contributed by atoms with Crippen LogP contribution in [0.2, 0.25) is 0 Å². The van der Waals surface area contributed by atoms with Crippen molar-refractivity contribution in [2.24, 2.45) is 0 Å². The summed E-state index contributed by atoms with van der Waals surface area (Å²) in [6.07, 6.45) is 0.347. The molecular formula is C11H13NOS. The van der Waals surface area contributed by atoms with Gasteiger partial charge in [-0.2, -0.15) is 5.26 Å². The molecule has 0 amide bonds. The van der Waals surface area contributed by atoms with Crippen molar-refractivity contribution < 1.29 is 4.21 Å². The fourth-order valence-electron chi connectivity index (χ4n) is 1.30. The van der Waals surface area contributed by atoms with Gasteiger partial charge in [0.05, 0.1) is 16.9 Å². The summed E-state index contributed by atoms with van der Waals surface area (Å²) >= 11 is 0. The van der Waals surface area contributed by atoms with Gasteiger partial charge in [-0.15, -0.1) is 0 Å². The van der Waals surface area contributed by atoms with Crippen LogP contribution >= 0.6 is 0 Å². The lowest BCUT2D eigenvalue weighted by Gasteiger charge is -2.04. The van der Waals surface area contributed by atoms with Crippen LogP contribution in [0.3, 0.4) is 0 Å². The first-order valence-corrected chi connectivity index (χ1v) is 5.79. The summed E-state index contributed by atoms with van der Waals surface area (Å²) in [4.78, 5) is 0.853. The summed E-state index contributed by atoms with van der Waals surface area (Å²) in [7, 11) is -1.03. The highest BCUT2D eigenvalue weighted by Gasteiger charge is 2.06. The van der Waals surface area contributed by atoms with Gasteiger partial charge in [0.15, 0.2) is 0 Å². The molecule has 1 rings (SSSR count). The van der Waals surface area contributed by atoms with Crippen molar-refractivity contribution in [2.75, 3.05) is 5.75 Å². The summed E-state index contributed by atoms with van der Waals surface area (Å²) in [6.45, 7) is 3.96. The molecule has 0 saturated heterocycles. The summed E-state index contributed by atoms with van der Waals surface area (Å²) in [5, 5.41) is 8.39. The van der Waals surface area contributed by atoms with Gasteiger partial charge in [-0.25, -0.2) is 0 Å². The summed E-state index contributed by atoms with van der Waals surface area (Å²) in [6, 6.07) is 7.86. The van der Waals surface area contributed by atoms with Crippen LogP contribution in [0.1, 0.15) is 17.5 Å². The van der Waals surface area contributed by atoms with Crippen molar-refractivity contribution in [3.8, 4) is 6.07 Å². The van der Waals surface area contributed by atoms with E-state index in [4.69, 9.17) is 5.26 Å². The van der Waals surface area contributed by atoms with Crippen LogP contribution in [0.25, 0.3) is 0 Å². The lowest BCUT2D eigenvalue weighted by atomic mass is 10.2. The zero-order chi connectivity index (χ0) is 10.6. The summed E-state index contributed by atoms with van der Waals surface area (Å²) in [5.74, 6) is 0.431. The zero-order valence-corrected chi connectivity index (χ0v) is 9.23. The second kappa shape index (κ2) is 4.92. The normalized spacial score (nSPS) is 12.1. The number of nitriles is 1. The van der Waals surface area contributed by atoms with Crippen molar-refractivity contribution in [2.45, 2.75) is 25.2 Å². The second-order valence-corrected chi connectivity index (χ2v) is 4.77. The summed E-state index contributed by atoms with van der Waals surface area (Å²) in [5.41, 5.74) is 2.21. The topological polar surface area (TPSA) is 40.9 Å². The Hall–Kier alpha value is -1.14. The first-order valence-electron chi connectivity index (χ1n) is 4.47. The Morgan fingerprint density at radius 3 is 2.71 bits per heavy atom. The van der Waals surface area contributed by atoms with Crippen LogP contribution in [0, 0.1) is 25.2 Å². The van der Waals surface area contributed by atoms with Crippen LogP contribution in [0.15, 0.2) is 23.1 Å². The van der Waals surface area contributed by atoms with E-state index >= 15 is 0 Å². The van der Waals surface area contributed by atoms with E-state index in [9.17, 15) is 4.21 Å². The quantitative estimate of drug-likeness (QED) is 0.763. The molecule has 0 saturated carbocycles. The minimum Gasteiger partial charge on any atom is -0.254 e. The molecule has 0 aliphatic rings. The maximum atomic E-state index is 11.7. The molecule has 0 spiro atoms. The third-order valence-electron chi connectivity index (χ3n) is 1.97. The van der Waals surface area contributed by atoms with Crippen molar-refractivity contribution in [3.05, 3.63) is 29.3 Å². The van der Waals surface area contributed by atoms with E-state index in [1.54, 1.807) is 0 Å². The largest absolute Gasteiger partial charge is 0.254 e. The molecule has 0 aromatic heterocycles. The molecule has 0 fully saturated rings. The predicted molar refractivity (Wildman–Crippen MR) is 57.4 cm³/mol. The molecule has 0 radical (unpaired) electrons. The number of hydrogen-bond donors (Lipinski definition) is 0. The van der Waals surface area contributed by atoms with Gasteiger partial charge in [0.1, 0.15) is 0 Å². The molecular weight excluding hydrogens is 194 g/mol. The number of aryl methyl sites for hydroxylation is 2. The van der Waals surface area contributed by atoms with Crippen molar-refractivity contribution in [1.29, 1.82) is 5.26 Å². The van der Waals surface area contributed by atoms with E-state index in [0.29, 0.717) is 12.2 Å². The van der Waals surface area contributed by atoms with E-state index in [0.717, 1.165) is 10.5 Å². The van der Waals surface area contributed by atoms with E-state index < -0.39 is 10.8 Å². The van der Waals surface area contributed by atoms with Gasteiger partial charge in [0.2, 0.25) is 0 Å². The Morgan fingerprint density at radius 2 is 2.14 bits per heavy atom. The highest BCUT2D eigenvalue weighted by atomic mass is 32.2. The molecule has 74 valence electrons. The molecule has 14 heavy (non-hydrogen) atoms. The zero-order valence-electron chi connectivity index (χ0n) is 8.41. The monoisotopic (exact) mass is 207 g/mol. The molecule has 2 nitrogen and oxygen atoms in total. The standard InChI is InChI=1S/C11H13NOS/c1-9-4-5-11(10(2)8-9)14(13)7-3-6-12/h4-5,8H,3,7H2,1-2H3. The van der Waals surface area contributed by atoms with Crippen molar-refractivity contribution in [3.63, 3.8) is 0 Å². The summed E-state index contributed by atoms with van der Waals surface area (Å²) < 4.78 is 11.7. The average molecular weight is 207 g/mol. The van der Waals surface area contributed by atoms with Gasteiger partial charge in [0, 0.05) is 17.1 Å². The molecule has 1 atom stereocenters. The van der Waals surface area contributed by atoms with Gasteiger partial charge in [0.25, 0.3) is 0 Å². The number of nitrogens with zero attached hydrogens (tertiary/aromatic N) is 1. The Kier molecular flexibility index (Phi) is 3.84. The van der Waals surface area contributed by atoms with Crippen LogP contribution in [-0.4, -0.2) is 9.96 Å². The third-order valence-corrected chi connectivity index (χ3v) is 3.50. The highest BCUT2D eigenvalue weighted by molar-refractivity contribution is 7.85. The maximum Gasteiger partial charge on any atom is 0.0631 e. The van der Waals surface area contributed by atoms with Gasteiger partial charge in [-0.1, -0.05) is 17.7 Å². The van der Waals surface area contributed by atoms with E-state index in [-0.39, 0.29) is 0 Å². The van der Waals surface area contributed by atoms with E-state index in [1.165, 1.54) is 5.56 Å². The van der Waals surface area contributed by atoms with Crippen LogP contribution < -0.4 is 0 Å². The number of hydrogen-bond acceptors (Lipinski definition) is 2. The lowest BCUT2D eigenvalue weighted by Crippen LogP contribution is -1.99. The first kappa shape index (κ1) is 10.9. The Morgan fingerprint density at radius 1 is 1.43 bits per heavy atom. The lowest BCUT2D eigenvalue weighted by molar-refractivity contribution is 0.682. The maximum absolute atomic E-state index is 11.7. The third kappa shape index (κ3) is 2.68. The molecule has 0 aliphatic carbocycles. The van der Waals surface area contributed by atoms with E-state index in [2.05, 4.69) is 0 Å². The molecule has 1 aromatic rings. The first-order chi connectivity index (χ1) is 6.65. The van der Waals surface area contributed by atoms with Crippen LogP contribution in [0.4, 0.5) is 0 Å². The second-order valence-electron chi connectivity index (χ2n) is 3.23. The fourth-order valence-corrected chi connectivity index (χ4v) is 2.44. The average Bonchev–Trinajstić information content (AvgIpc) is 2.14. The van der Waals surface area contributed by atoms with Crippen molar-refractivity contribution >= 4 is 10.8 Å². The SMILES string of the molecule is Cc1ccc(S(=O)CCC#N)c(C)c1. The Labute approximate surface area is 87.0 Å². The number of rotatable bonds is 3. The molecule has 3 heteroatoms. The van der Waals surface area contributed by atoms with Gasteiger partial charge in [-0.3, -0.25) is 4.21 Å². The Bertz CT molecular complexity index is 393. The van der Waals surface area contributed by atoms with Crippen molar-refractivity contribution in [1.82, 2.24) is 0 Å². The van der Waals surface area contributed by atoms with E-state index in [1.807, 2.05) is 38.1 Å². The minimum atomic E-state index is -1.03. The molecule has 0 aliphatic heterocycles. The van der Waals surface area contributed by atoms with Gasteiger partial charge >= 0.3 is 0 Å². The highest BCUT2D eigenvalue weighted by Crippen LogP contribution is 2.15. The molecule has 0 heterocycles. The molecule has 0 bridgehead atoms. The minimum absolute atomic E-state index is 0.347. The van der Waals surface area contributed by atoms with Crippen LogP contribution in [0.5, 0.6) is 0 Å². The van der Waals surface area contributed by atoms with Crippen LogP contribution in [-0.2, 0) is 10.8 Å². The smallest absolute Gasteiger partial charge is 0.0631 e. The Balaban J connectivity index is 2.86.